The molecule has 22 aromatic carbocycles. The van der Waals surface area contributed by atoms with E-state index in [0.717, 1.165) is 68.2 Å². The summed E-state index contributed by atoms with van der Waals surface area (Å²) in [5, 5.41) is 26.2. The standard InChI is InChI=1S/C68H46N2SSi2.C56H36N4S/c1-5-21-51(22-6-1)72(52-23-7-2-8-24-52)65-34-18-14-30-59(65)69(60-31-15-19-35-66(60)72)49-39-41-55-47(43-49)37-38-48-44-50(40-42-56(48)55)70-61-32-16-20-36-67(61)73(53-25-9-3-10-26-53,54-27-11-4-12-28-54)68-45-58-57-29-13-17-33-63(57)71-64(58)46-62(68)70;1-3-15-41(16-4-1)57-47-20-8-11-23-50(47)59(51-24-12-9-21-48(51)57)43-29-27-37-32-40-34-44(30-28-38(40)31-39(37)33-43)60-52-25-13-10-22-49(52)58(42-17-5-2-6-18-42)53-35-46-45-19-7-14-26-55(45)61-56(46)36-54(53)60/h1-46H;1-36H. The van der Waals surface area contributed by atoms with Crippen molar-refractivity contribution in [3.63, 3.8) is 0 Å². The summed E-state index contributed by atoms with van der Waals surface area (Å²) in [7, 11) is -5.58. The van der Waals surface area contributed by atoms with Crippen LogP contribution in [0.15, 0.2) is 497 Å². The quantitative estimate of drug-likeness (QED) is 0.0767. The van der Waals surface area contributed by atoms with Crippen LogP contribution in [0.25, 0.3) is 83.4 Å². The van der Waals surface area contributed by atoms with Crippen molar-refractivity contribution in [3.05, 3.63) is 497 Å². The molecular formula is C124H82N6S2Si2. The van der Waals surface area contributed by atoms with Crippen molar-refractivity contribution < 1.29 is 0 Å². The minimum absolute atomic E-state index is 1.13. The molecule has 4 aliphatic heterocycles. The van der Waals surface area contributed by atoms with Crippen LogP contribution in [0.4, 0.5) is 102 Å². The van der Waals surface area contributed by atoms with Gasteiger partial charge in [0.2, 0.25) is 0 Å². The maximum absolute atomic E-state index is 2.86. The third kappa shape index (κ3) is 11.9. The average molecular weight is 1780 g/mol. The molecule has 10 heteroatoms. The zero-order valence-corrected chi connectivity index (χ0v) is 76.5. The highest BCUT2D eigenvalue weighted by Crippen LogP contribution is 2.59. The first-order valence-electron chi connectivity index (χ1n) is 46.0. The normalized spacial score (nSPS) is 13.7. The summed E-state index contributed by atoms with van der Waals surface area (Å²) in [6, 6.07) is 186. The number of hydrogen-bond donors (Lipinski definition) is 0. The summed E-state index contributed by atoms with van der Waals surface area (Å²) in [6.45, 7) is 0. The lowest BCUT2D eigenvalue weighted by Crippen LogP contribution is -2.77. The van der Waals surface area contributed by atoms with Gasteiger partial charge in [0.15, 0.2) is 16.1 Å². The van der Waals surface area contributed by atoms with Crippen molar-refractivity contribution in [2.45, 2.75) is 0 Å². The number of anilines is 18. The zero-order chi connectivity index (χ0) is 88.1. The first-order chi connectivity index (χ1) is 66.5. The van der Waals surface area contributed by atoms with Gasteiger partial charge in [-0.05, 0) is 254 Å². The molecule has 2 aromatic heterocycles. The van der Waals surface area contributed by atoms with E-state index in [1.807, 2.05) is 22.7 Å². The van der Waals surface area contributed by atoms with Crippen molar-refractivity contribution in [3.8, 4) is 0 Å². The van der Waals surface area contributed by atoms with Crippen LogP contribution in [0.3, 0.4) is 0 Å². The smallest absolute Gasteiger partial charge is 0.184 e. The summed E-state index contributed by atoms with van der Waals surface area (Å²) in [4.78, 5) is 14.8. The summed E-state index contributed by atoms with van der Waals surface area (Å²) < 4.78 is 5.22. The average Bonchev–Trinajstić information content (AvgIpc) is 0.934. The largest absolute Gasteiger partial charge is 0.311 e. The number of thiophene rings is 2. The lowest BCUT2D eigenvalue weighted by atomic mass is 9.99. The van der Waals surface area contributed by atoms with Crippen LogP contribution >= 0.6 is 22.7 Å². The Bertz CT molecular complexity index is 8660. The van der Waals surface area contributed by atoms with E-state index in [2.05, 4.69) is 527 Å². The Hall–Kier alpha value is -16.4. The molecule has 0 saturated carbocycles. The Labute approximate surface area is 786 Å². The van der Waals surface area contributed by atoms with E-state index in [-0.39, 0.29) is 0 Å². The van der Waals surface area contributed by atoms with Crippen molar-refractivity contribution in [2.24, 2.45) is 0 Å². The van der Waals surface area contributed by atoms with E-state index < -0.39 is 16.1 Å². The molecule has 0 unspecified atom stereocenters. The van der Waals surface area contributed by atoms with Crippen LogP contribution in [0, 0.1) is 0 Å². The molecule has 24 aromatic rings. The van der Waals surface area contributed by atoms with Crippen LogP contribution in [-0.2, 0) is 0 Å². The Kier molecular flexibility index (Phi) is 18.0. The van der Waals surface area contributed by atoms with E-state index in [9.17, 15) is 0 Å². The van der Waals surface area contributed by atoms with Crippen molar-refractivity contribution in [1.82, 2.24) is 0 Å². The highest BCUT2D eigenvalue weighted by molar-refractivity contribution is 7.27. The maximum atomic E-state index is 2.58. The van der Waals surface area contributed by atoms with E-state index in [1.165, 1.54) is 159 Å². The number of para-hydroxylation sites is 11. The minimum Gasteiger partial charge on any atom is -0.311 e. The van der Waals surface area contributed by atoms with Gasteiger partial charge in [-0.25, -0.2) is 0 Å². The highest BCUT2D eigenvalue weighted by Gasteiger charge is 2.51. The Morgan fingerprint density at radius 2 is 0.403 bits per heavy atom. The first kappa shape index (κ1) is 77.5. The van der Waals surface area contributed by atoms with Crippen molar-refractivity contribution in [1.29, 1.82) is 0 Å². The van der Waals surface area contributed by atoms with Gasteiger partial charge in [-0.15, -0.1) is 22.7 Å². The second-order valence-electron chi connectivity index (χ2n) is 35.4. The summed E-state index contributed by atoms with van der Waals surface area (Å²) in [5.41, 5.74) is 21.1. The zero-order valence-electron chi connectivity index (χ0n) is 72.8. The fourth-order valence-electron chi connectivity index (χ4n) is 22.6. The molecule has 0 atom stereocenters. The number of rotatable bonds is 10. The van der Waals surface area contributed by atoms with Gasteiger partial charge in [-0.2, -0.15) is 0 Å². The van der Waals surface area contributed by atoms with Gasteiger partial charge >= 0.3 is 0 Å². The Morgan fingerprint density at radius 3 is 0.806 bits per heavy atom. The SMILES string of the molecule is c1ccc(N2c3ccccc3N(c3ccc4cc5cc(N6c7ccccc7N(c7ccccc7)c7cc8c(cc76)sc6ccccc68)ccc5cc4c3)c3ccccc32)cc1.c1ccc([Si]2(c3ccccc3)c3ccccc3N(c3ccc4c(ccc5cc(N6c7ccccc7[Si](c7ccccc7)(c7ccccc7)c7cc8c(cc76)sc6ccccc68)ccc54)c3)c3ccccc32)cc1. The second-order valence-corrected chi connectivity index (χ2v) is 45.0. The van der Waals surface area contributed by atoms with Gasteiger partial charge in [0, 0.05) is 97.2 Å². The van der Waals surface area contributed by atoms with Crippen LogP contribution in [0.1, 0.15) is 0 Å². The fraction of sp³-hybridized carbons (Fsp3) is 0. The molecule has 6 nitrogen and oxygen atoms in total. The van der Waals surface area contributed by atoms with Gasteiger partial charge in [0.25, 0.3) is 0 Å². The lowest BCUT2D eigenvalue weighted by Gasteiger charge is -2.45. The van der Waals surface area contributed by atoms with Crippen LogP contribution in [-0.4, -0.2) is 16.1 Å². The van der Waals surface area contributed by atoms with Gasteiger partial charge in [-0.1, -0.05) is 328 Å². The number of hydrogen-bond acceptors (Lipinski definition) is 8. The monoisotopic (exact) mass is 1770 g/mol. The molecule has 0 spiro atoms. The van der Waals surface area contributed by atoms with Gasteiger partial charge in [-0.3, -0.25) is 0 Å². The van der Waals surface area contributed by atoms with E-state index >= 15 is 0 Å². The fourth-order valence-corrected chi connectivity index (χ4v) is 35.1. The predicted molar refractivity (Wildman–Crippen MR) is 578 cm³/mol. The molecule has 0 bridgehead atoms. The minimum atomic E-state index is -2.86. The third-order valence-corrected chi connectivity index (χ3v) is 40.3. The van der Waals surface area contributed by atoms with Crippen molar-refractivity contribution >= 4 is 266 Å². The summed E-state index contributed by atoms with van der Waals surface area (Å²) >= 11 is 3.76. The molecule has 0 aliphatic carbocycles. The van der Waals surface area contributed by atoms with Gasteiger partial charge in [0.1, 0.15) is 0 Å². The van der Waals surface area contributed by atoms with E-state index in [1.54, 1.807) is 0 Å². The van der Waals surface area contributed by atoms with Crippen LogP contribution < -0.4 is 70.9 Å². The maximum Gasteiger partial charge on any atom is 0.184 e. The van der Waals surface area contributed by atoms with Crippen LogP contribution in [0.2, 0.25) is 0 Å². The third-order valence-electron chi connectivity index (χ3n) is 28.3. The Morgan fingerprint density at radius 1 is 0.134 bits per heavy atom. The number of benzene rings is 22. The molecule has 0 saturated heterocycles. The first-order valence-corrected chi connectivity index (χ1v) is 51.6. The molecule has 0 amide bonds. The molecule has 0 N–H and O–H groups in total. The van der Waals surface area contributed by atoms with Gasteiger partial charge < -0.3 is 29.4 Å². The summed E-state index contributed by atoms with van der Waals surface area (Å²) in [5.74, 6) is 0. The molecule has 4 aliphatic rings. The highest BCUT2D eigenvalue weighted by atomic mass is 32.1. The molecule has 6 heterocycles. The molecule has 134 heavy (non-hydrogen) atoms. The topological polar surface area (TPSA) is 19.4 Å². The predicted octanol–water partition coefficient (Wildman–Crippen LogP) is 29.5. The lowest BCUT2D eigenvalue weighted by molar-refractivity contribution is 1.17. The second kappa shape index (κ2) is 31.1. The van der Waals surface area contributed by atoms with E-state index in [4.69, 9.17) is 0 Å². The molecule has 628 valence electrons. The van der Waals surface area contributed by atoms with E-state index in [0.29, 0.717) is 0 Å². The van der Waals surface area contributed by atoms with Crippen molar-refractivity contribution in [2.75, 3.05) is 29.4 Å². The Balaban J connectivity index is 0.000000139. The molecule has 0 radical (unpaired) electrons. The number of fused-ring (bicyclic) bond motifs is 19. The summed E-state index contributed by atoms with van der Waals surface area (Å²) in [6.07, 6.45) is 0. The van der Waals surface area contributed by atoms with Crippen LogP contribution in [0.5, 0.6) is 0 Å². The van der Waals surface area contributed by atoms with Gasteiger partial charge in [0.05, 0.1) is 45.5 Å². The molecule has 0 fully saturated rings. The molecular weight excluding hydrogens is 1690 g/mol. The number of nitrogens with zero attached hydrogens (tertiary/aromatic N) is 6. The molecule has 28 rings (SSSR count).